The second-order valence-electron chi connectivity index (χ2n) is 8.20. The molecular weight excluding hydrogens is 572 g/mol. The van der Waals surface area contributed by atoms with Gasteiger partial charge in [-0.25, -0.2) is 31.6 Å². The molecule has 16 heteroatoms. The molecule has 3 N–H and O–H groups in total. The number of nitrogens with zero attached hydrogens (tertiary/aromatic N) is 3. The third-order valence-corrected chi connectivity index (χ3v) is 7.85. The van der Waals surface area contributed by atoms with Gasteiger partial charge in [0.1, 0.15) is 23.1 Å². The van der Waals surface area contributed by atoms with Gasteiger partial charge in [-0.3, -0.25) is 14.1 Å². The summed E-state index contributed by atoms with van der Waals surface area (Å²) in [6.07, 6.45) is -3.88. The number of benzene rings is 2. The van der Waals surface area contributed by atoms with Gasteiger partial charge in [0.2, 0.25) is 0 Å². The van der Waals surface area contributed by atoms with Crippen molar-refractivity contribution in [3.8, 4) is 11.1 Å². The largest absolute Gasteiger partial charge is 0.406 e. The molecule has 3 heterocycles. The summed E-state index contributed by atoms with van der Waals surface area (Å²) in [5.41, 5.74) is 2.48. The van der Waals surface area contributed by atoms with E-state index >= 15 is 4.39 Å². The van der Waals surface area contributed by atoms with E-state index in [1.54, 1.807) is 0 Å². The first-order valence-electron chi connectivity index (χ1n) is 10.7. The predicted octanol–water partition coefficient (Wildman–Crippen LogP) is 5.04. The van der Waals surface area contributed by atoms with E-state index in [2.05, 4.69) is 9.97 Å². The maximum atomic E-state index is 15.6. The van der Waals surface area contributed by atoms with Gasteiger partial charge < -0.3 is 5.73 Å². The molecule has 5 aromatic rings. The molecule has 2 aromatic carbocycles. The third-order valence-electron chi connectivity index (χ3n) is 5.63. The van der Waals surface area contributed by atoms with Gasteiger partial charge in [-0.2, -0.15) is 13.2 Å². The Morgan fingerprint density at radius 3 is 2.49 bits per heavy atom. The van der Waals surface area contributed by atoms with Gasteiger partial charge in [-0.15, -0.1) is 11.3 Å². The molecule has 5 rings (SSSR count). The van der Waals surface area contributed by atoms with Crippen molar-refractivity contribution in [3.63, 3.8) is 0 Å². The highest BCUT2D eigenvalue weighted by Crippen LogP contribution is 2.34. The Hall–Kier alpha value is -4.18. The molecule has 0 amide bonds. The van der Waals surface area contributed by atoms with Gasteiger partial charge in [0.05, 0.1) is 38.1 Å². The number of fused-ring (bicyclic) bond motifs is 2. The average molecular weight is 586 g/mol. The van der Waals surface area contributed by atoms with E-state index in [9.17, 15) is 35.2 Å². The van der Waals surface area contributed by atoms with Crippen molar-refractivity contribution in [2.45, 2.75) is 17.6 Å². The number of hydrogen-bond acceptors (Lipinski definition) is 7. The zero-order valence-electron chi connectivity index (χ0n) is 19.1. The van der Waals surface area contributed by atoms with Crippen LogP contribution < -0.4 is 16.0 Å². The van der Waals surface area contributed by atoms with Crippen molar-refractivity contribution in [1.82, 2.24) is 14.5 Å². The fourth-order valence-corrected chi connectivity index (χ4v) is 5.90. The van der Waals surface area contributed by atoms with Gasteiger partial charge in [-0.05, 0) is 30.3 Å². The van der Waals surface area contributed by atoms with Crippen molar-refractivity contribution in [2.24, 2.45) is 0 Å². The SMILES string of the molecule is Nc1cc2c(cn1)cc(-c1c(F)ccc(NS(=O)(=O)c3ccc4ncsc4c3F)c1F)c(=O)n2CC(F)(F)F. The fraction of sp³-hybridized carbons (Fsp3) is 0.0870. The lowest BCUT2D eigenvalue weighted by molar-refractivity contribution is -0.140. The second-order valence-corrected chi connectivity index (χ2v) is 10.7. The lowest BCUT2D eigenvalue weighted by atomic mass is 10.0. The van der Waals surface area contributed by atoms with Crippen LogP contribution in [0.2, 0.25) is 0 Å². The van der Waals surface area contributed by atoms with E-state index in [1.807, 2.05) is 4.72 Å². The normalized spacial score (nSPS) is 12.4. The standard InChI is InChI=1S/C23H13F6N5O3S2/c24-12-1-2-13(33-39(36,37)16-4-3-14-21(20(16)26)38-9-32-14)19(25)18(12)11-5-10-7-31-17(30)6-15(10)34(22(11)35)8-23(27,28)29/h1-7,9,33H,8H2,(H2,30,31). The first kappa shape index (κ1) is 26.4. The molecule has 0 unspecified atom stereocenters. The molecule has 0 aliphatic heterocycles. The molecule has 0 saturated carbocycles. The number of pyridine rings is 2. The summed E-state index contributed by atoms with van der Waals surface area (Å²) in [7, 11) is -4.79. The highest BCUT2D eigenvalue weighted by atomic mass is 32.2. The summed E-state index contributed by atoms with van der Waals surface area (Å²) < 4.78 is 113. The number of sulfonamides is 1. The van der Waals surface area contributed by atoms with Crippen LogP contribution in [0, 0.1) is 17.5 Å². The summed E-state index contributed by atoms with van der Waals surface area (Å²) >= 11 is 0.832. The van der Waals surface area contributed by atoms with Gasteiger partial charge in [0.25, 0.3) is 15.6 Å². The fourth-order valence-electron chi connectivity index (χ4n) is 3.97. The molecule has 0 spiro atoms. The minimum absolute atomic E-state index is 0.0752. The molecular formula is C23H13F6N5O3S2. The Kier molecular flexibility index (Phi) is 6.26. The first-order valence-corrected chi connectivity index (χ1v) is 13.0. The zero-order valence-corrected chi connectivity index (χ0v) is 20.7. The van der Waals surface area contributed by atoms with E-state index in [4.69, 9.17) is 5.73 Å². The number of nitrogens with two attached hydrogens (primary N) is 1. The summed E-state index contributed by atoms with van der Waals surface area (Å²) in [4.78, 5) is 19.9. The minimum Gasteiger partial charge on any atom is -0.384 e. The van der Waals surface area contributed by atoms with Gasteiger partial charge in [0, 0.05) is 17.6 Å². The van der Waals surface area contributed by atoms with E-state index in [0.29, 0.717) is 12.1 Å². The molecule has 39 heavy (non-hydrogen) atoms. The quantitative estimate of drug-likeness (QED) is 0.279. The predicted molar refractivity (Wildman–Crippen MR) is 132 cm³/mol. The highest BCUT2D eigenvalue weighted by molar-refractivity contribution is 7.92. The second kappa shape index (κ2) is 9.23. The van der Waals surface area contributed by atoms with Crippen molar-refractivity contribution < 1.29 is 34.8 Å². The Morgan fingerprint density at radius 1 is 1.03 bits per heavy atom. The van der Waals surface area contributed by atoms with Crippen LogP contribution in [-0.2, 0) is 16.6 Å². The maximum Gasteiger partial charge on any atom is 0.406 e. The van der Waals surface area contributed by atoms with Gasteiger partial charge >= 0.3 is 6.18 Å². The van der Waals surface area contributed by atoms with Crippen molar-refractivity contribution in [2.75, 3.05) is 10.5 Å². The van der Waals surface area contributed by atoms with E-state index in [1.165, 1.54) is 11.6 Å². The number of aromatic nitrogens is 3. The van der Waals surface area contributed by atoms with Crippen molar-refractivity contribution in [3.05, 3.63) is 75.9 Å². The van der Waals surface area contributed by atoms with E-state index < -0.39 is 67.5 Å². The number of nitrogen functional groups attached to an aromatic ring is 1. The average Bonchev–Trinajstić information content (AvgIpc) is 3.33. The van der Waals surface area contributed by atoms with E-state index in [0.717, 1.165) is 35.7 Å². The summed E-state index contributed by atoms with van der Waals surface area (Å²) in [6.45, 7) is -1.81. The van der Waals surface area contributed by atoms with Crippen LogP contribution in [-0.4, -0.2) is 29.1 Å². The number of halogens is 6. The van der Waals surface area contributed by atoms with Crippen LogP contribution in [0.5, 0.6) is 0 Å². The molecule has 202 valence electrons. The molecule has 0 saturated heterocycles. The van der Waals surface area contributed by atoms with Crippen molar-refractivity contribution in [1.29, 1.82) is 0 Å². The number of anilines is 2. The number of rotatable bonds is 5. The Bertz CT molecular complexity index is 1950. The molecule has 0 fully saturated rings. The molecule has 0 aliphatic carbocycles. The first-order chi connectivity index (χ1) is 18.3. The molecule has 0 bridgehead atoms. The zero-order chi connectivity index (χ0) is 28.3. The smallest absolute Gasteiger partial charge is 0.384 e. The van der Waals surface area contributed by atoms with Gasteiger partial charge in [0.15, 0.2) is 11.6 Å². The van der Waals surface area contributed by atoms with E-state index in [-0.39, 0.29) is 31.5 Å². The molecule has 0 aliphatic rings. The molecule has 3 aromatic heterocycles. The van der Waals surface area contributed by atoms with Crippen molar-refractivity contribution >= 4 is 54.0 Å². The Morgan fingerprint density at radius 2 is 1.77 bits per heavy atom. The molecule has 0 radical (unpaired) electrons. The van der Waals surface area contributed by atoms with Crippen LogP contribution in [0.3, 0.4) is 0 Å². The third kappa shape index (κ3) is 4.76. The number of alkyl halides is 3. The van der Waals surface area contributed by atoms with Crippen LogP contribution in [0.25, 0.3) is 32.2 Å². The van der Waals surface area contributed by atoms with Crippen LogP contribution >= 0.6 is 11.3 Å². The maximum absolute atomic E-state index is 15.6. The summed E-state index contributed by atoms with van der Waals surface area (Å²) in [6, 6.07) is 5.34. The Balaban J connectivity index is 1.67. The highest BCUT2D eigenvalue weighted by Gasteiger charge is 2.31. The number of hydrogen-bond donors (Lipinski definition) is 2. The summed E-state index contributed by atoms with van der Waals surface area (Å²) in [5, 5.41) is -0.104. The van der Waals surface area contributed by atoms with Crippen LogP contribution in [0.4, 0.5) is 37.8 Å². The molecule has 0 atom stereocenters. The van der Waals surface area contributed by atoms with Crippen LogP contribution in [0.15, 0.2) is 57.8 Å². The van der Waals surface area contributed by atoms with Crippen LogP contribution in [0.1, 0.15) is 0 Å². The topological polar surface area (TPSA) is 120 Å². The lowest BCUT2D eigenvalue weighted by Gasteiger charge is -2.17. The molecule has 8 nitrogen and oxygen atoms in total. The minimum atomic E-state index is -4.90. The summed E-state index contributed by atoms with van der Waals surface area (Å²) in [5.74, 6) is -4.34. The number of thiazole rings is 1. The number of nitrogens with one attached hydrogen (secondary N) is 1. The lowest BCUT2D eigenvalue weighted by Crippen LogP contribution is -2.30. The Labute approximate surface area is 218 Å². The van der Waals surface area contributed by atoms with Gasteiger partial charge in [-0.1, -0.05) is 0 Å². The monoisotopic (exact) mass is 585 g/mol.